The van der Waals surface area contributed by atoms with Gasteiger partial charge in [0, 0.05) is 36.4 Å². The number of likely N-dealkylation sites (N-methyl/N-ethyl adjacent to an activating group) is 1. The summed E-state index contributed by atoms with van der Waals surface area (Å²) in [6, 6.07) is 11.8. The lowest BCUT2D eigenvalue weighted by atomic mass is 10.2. The molecule has 0 radical (unpaired) electrons. The molecule has 4 rings (SSSR count). The van der Waals surface area contributed by atoms with Gasteiger partial charge in [0.2, 0.25) is 0 Å². The van der Waals surface area contributed by atoms with Crippen LogP contribution in [0.5, 0.6) is 0 Å². The third-order valence-corrected chi connectivity index (χ3v) is 5.55. The summed E-state index contributed by atoms with van der Waals surface area (Å²) >= 11 is 1.46. The number of benzene rings is 1. The zero-order chi connectivity index (χ0) is 17.4. The largest absolute Gasteiger partial charge is 0.372 e. The van der Waals surface area contributed by atoms with Crippen LogP contribution in [0.15, 0.2) is 47.5 Å². The van der Waals surface area contributed by atoms with Crippen LogP contribution >= 0.6 is 11.3 Å². The average molecular weight is 353 g/mol. The normalized spacial score (nSPS) is 17.8. The maximum atomic E-state index is 12.5. The SMILES string of the molecule is CN1C(=O)C(Nc2ccc(N3CCCC3)cc2)=C(c2cccs2)C1=O. The van der Waals surface area contributed by atoms with Crippen LogP contribution in [-0.4, -0.2) is 36.9 Å². The predicted octanol–water partition coefficient (Wildman–Crippen LogP) is 3.17. The highest BCUT2D eigenvalue weighted by Gasteiger charge is 2.37. The first-order valence-corrected chi connectivity index (χ1v) is 9.25. The van der Waals surface area contributed by atoms with E-state index in [2.05, 4.69) is 22.3 Å². The van der Waals surface area contributed by atoms with Gasteiger partial charge in [0.1, 0.15) is 5.70 Å². The smallest absolute Gasteiger partial charge is 0.277 e. The van der Waals surface area contributed by atoms with Crippen molar-refractivity contribution in [2.45, 2.75) is 12.8 Å². The Morgan fingerprint density at radius 2 is 1.72 bits per heavy atom. The van der Waals surface area contributed by atoms with Crippen molar-refractivity contribution < 1.29 is 9.59 Å². The molecule has 1 saturated heterocycles. The van der Waals surface area contributed by atoms with E-state index in [1.54, 1.807) is 0 Å². The van der Waals surface area contributed by atoms with Gasteiger partial charge in [0.15, 0.2) is 0 Å². The lowest BCUT2D eigenvalue weighted by Gasteiger charge is -2.18. The predicted molar refractivity (Wildman–Crippen MR) is 101 cm³/mol. The Hall–Kier alpha value is -2.60. The lowest BCUT2D eigenvalue weighted by Crippen LogP contribution is -2.27. The van der Waals surface area contributed by atoms with E-state index < -0.39 is 0 Å². The minimum absolute atomic E-state index is 0.261. The van der Waals surface area contributed by atoms with Crippen LogP contribution in [0.3, 0.4) is 0 Å². The molecule has 3 heterocycles. The van der Waals surface area contributed by atoms with Crippen molar-refractivity contribution in [2.24, 2.45) is 0 Å². The molecule has 1 aromatic heterocycles. The molecule has 2 aliphatic heterocycles. The van der Waals surface area contributed by atoms with Gasteiger partial charge in [-0.3, -0.25) is 14.5 Å². The van der Waals surface area contributed by atoms with Crippen molar-refractivity contribution in [3.05, 3.63) is 52.4 Å². The van der Waals surface area contributed by atoms with Crippen LogP contribution < -0.4 is 10.2 Å². The second-order valence-corrected chi connectivity index (χ2v) is 7.21. The molecule has 25 heavy (non-hydrogen) atoms. The minimum Gasteiger partial charge on any atom is -0.372 e. The van der Waals surface area contributed by atoms with E-state index >= 15 is 0 Å². The van der Waals surface area contributed by atoms with E-state index in [4.69, 9.17) is 0 Å². The number of carbonyl (C=O) groups excluding carboxylic acids is 2. The summed E-state index contributed by atoms with van der Waals surface area (Å²) in [5.74, 6) is -0.555. The van der Waals surface area contributed by atoms with Crippen molar-refractivity contribution >= 4 is 40.1 Å². The quantitative estimate of drug-likeness (QED) is 0.858. The zero-order valence-electron chi connectivity index (χ0n) is 14.0. The van der Waals surface area contributed by atoms with Crippen LogP contribution in [0.25, 0.3) is 5.57 Å². The molecule has 0 atom stereocenters. The van der Waals surface area contributed by atoms with Gasteiger partial charge in [-0.15, -0.1) is 11.3 Å². The Balaban J connectivity index is 1.63. The molecule has 128 valence electrons. The summed E-state index contributed by atoms with van der Waals surface area (Å²) in [6.07, 6.45) is 2.47. The average Bonchev–Trinajstić information content (AvgIpc) is 3.36. The molecule has 0 saturated carbocycles. The van der Waals surface area contributed by atoms with Gasteiger partial charge in [-0.2, -0.15) is 0 Å². The van der Waals surface area contributed by atoms with Crippen LogP contribution in [-0.2, 0) is 9.59 Å². The zero-order valence-corrected chi connectivity index (χ0v) is 14.8. The van der Waals surface area contributed by atoms with Crippen molar-refractivity contribution in [3.8, 4) is 0 Å². The number of anilines is 2. The fourth-order valence-electron chi connectivity index (χ4n) is 3.28. The summed E-state index contributed by atoms with van der Waals surface area (Å²) in [4.78, 5) is 29.3. The maximum absolute atomic E-state index is 12.5. The van der Waals surface area contributed by atoms with Crippen molar-refractivity contribution in [3.63, 3.8) is 0 Å². The van der Waals surface area contributed by atoms with Gasteiger partial charge < -0.3 is 10.2 Å². The molecular weight excluding hydrogens is 334 g/mol. The summed E-state index contributed by atoms with van der Waals surface area (Å²) in [5, 5.41) is 5.07. The molecule has 6 heteroatoms. The van der Waals surface area contributed by atoms with Crippen molar-refractivity contribution in [2.75, 3.05) is 30.4 Å². The Kier molecular flexibility index (Phi) is 4.05. The first kappa shape index (κ1) is 15.9. The van der Waals surface area contributed by atoms with E-state index in [9.17, 15) is 9.59 Å². The molecule has 2 aliphatic rings. The van der Waals surface area contributed by atoms with Gasteiger partial charge in [0.05, 0.1) is 5.57 Å². The molecule has 1 N–H and O–H groups in total. The third-order valence-electron chi connectivity index (χ3n) is 4.66. The number of thiophene rings is 1. The first-order chi connectivity index (χ1) is 12.1. The van der Waals surface area contributed by atoms with Crippen LogP contribution in [0, 0.1) is 0 Å². The van der Waals surface area contributed by atoms with Crippen LogP contribution in [0.2, 0.25) is 0 Å². The van der Waals surface area contributed by atoms with E-state index in [0.717, 1.165) is 28.6 Å². The highest BCUT2D eigenvalue weighted by Crippen LogP contribution is 2.32. The van der Waals surface area contributed by atoms with Crippen LogP contribution in [0.4, 0.5) is 11.4 Å². The number of hydrogen-bond donors (Lipinski definition) is 1. The summed E-state index contributed by atoms with van der Waals surface area (Å²) < 4.78 is 0. The van der Waals surface area contributed by atoms with E-state index in [1.165, 1.54) is 36.9 Å². The fraction of sp³-hybridized carbons (Fsp3) is 0.263. The standard InChI is InChI=1S/C19H19N3O2S/c1-21-18(23)16(15-5-4-12-25-15)17(19(21)24)20-13-6-8-14(9-7-13)22-10-2-3-11-22/h4-9,12,20H,2-3,10-11H2,1H3. The van der Waals surface area contributed by atoms with Crippen molar-refractivity contribution in [1.82, 2.24) is 4.90 Å². The van der Waals surface area contributed by atoms with Crippen LogP contribution in [0.1, 0.15) is 17.7 Å². The molecule has 0 spiro atoms. The van der Waals surface area contributed by atoms with Gasteiger partial charge in [-0.1, -0.05) is 6.07 Å². The number of nitrogens with zero attached hydrogens (tertiary/aromatic N) is 2. The minimum atomic E-state index is -0.294. The van der Waals surface area contributed by atoms with Gasteiger partial charge >= 0.3 is 0 Å². The number of hydrogen-bond acceptors (Lipinski definition) is 5. The van der Waals surface area contributed by atoms with E-state index in [-0.39, 0.29) is 11.8 Å². The molecule has 0 unspecified atom stereocenters. The van der Waals surface area contributed by atoms with Gasteiger partial charge in [-0.25, -0.2) is 0 Å². The molecule has 5 nitrogen and oxygen atoms in total. The summed E-state index contributed by atoms with van der Waals surface area (Å²) in [7, 11) is 1.52. The Labute approximate surface area is 150 Å². The van der Waals surface area contributed by atoms with E-state index in [0.29, 0.717) is 11.3 Å². The van der Waals surface area contributed by atoms with Crippen molar-refractivity contribution in [1.29, 1.82) is 0 Å². The monoisotopic (exact) mass is 353 g/mol. The molecule has 1 aromatic carbocycles. The molecule has 2 amide bonds. The number of rotatable bonds is 4. The number of carbonyl (C=O) groups is 2. The molecular formula is C19H19N3O2S. The number of amides is 2. The molecule has 2 aromatic rings. The second kappa shape index (κ2) is 6.37. The molecule has 0 bridgehead atoms. The lowest BCUT2D eigenvalue weighted by molar-refractivity contribution is -0.135. The summed E-state index contributed by atoms with van der Waals surface area (Å²) in [5.41, 5.74) is 2.81. The first-order valence-electron chi connectivity index (χ1n) is 8.38. The molecule has 0 aliphatic carbocycles. The van der Waals surface area contributed by atoms with E-state index in [1.807, 2.05) is 29.6 Å². The molecule has 1 fully saturated rings. The topological polar surface area (TPSA) is 52.7 Å². The second-order valence-electron chi connectivity index (χ2n) is 6.26. The number of imide groups is 1. The van der Waals surface area contributed by atoms with Gasteiger partial charge in [-0.05, 0) is 48.6 Å². The summed E-state index contributed by atoms with van der Waals surface area (Å²) in [6.45, 7) is 2.19. The van der Waals surface area contributed by atoms with Gasteiger partial charge in [0.25, 0.3) is 11.8 Å². The number of nitrogens with one attached hydrogen (secondary N) is 1. The third kappa shape index (κ3) is 2.82. The maximum Gasteiger partial charge on any atom is 0.277 e. The highest BCUT2D eigenvalue weighted by atomic mass is 32.1. The fourth-order valence-corrected chi connectivity index (χ4v) is 4.05. The Morgan fingerprint density at radius 3 is 2.36 bits per heavy atom. The Morgan fingerprint density at radius 1 is 1.00 bits per heavy atom. The highest BCUT2D eigenvalue weighted by molar-refractivity contribution is 7.11. The Bertz CT molecular complexity index is 834.